The predicted octanol–water partition coefficient (Wildman–Crippen LogP) is 3.05. The van der Waals surface area contributed by atoms with Gasteiger partial charge in [-0.25, -0.2) is 0 Å². The minimum Gasteiger partial charge on any atom is -0.486 e. The lowest BCUT2D eigenvalue weighted by molar-refractivity contribution is -0.385. The molecule has 0 amide bonds. The van der Waals surface area contributed by atoms with E-state index in [-0.39, 0.29) is 46.6 Å². The van der Waals surface area contributed by atoms with E-state index in [1.165, 1.54) is 43.3 Å². The zero-order valence-electron chi connectivity index (χ0n) is 16.2. The average Bonchev–Trinajstić information content (AvgIpc) is 2.70. The Balaban J connectivity index is 1.82. The van der Waals surface area contributed by atoms with E-state index in [4.69, 9.17) is 13.7 Å². The molecule has 0 aliphatic carbocycles. The SMILES string of the molecule is CC(=O)C=Cc1c([N+](=O)[O-])ccc2c1O[C@@H](COS(=O)(=O)c1ccc(C)cc1)CO2. The van der Waals surface area contributed by atoms with Crippen molar-refractivity contribution in [3.8, 4) is 11.5 Å². The Morgan fingerprint density at radius 3 is 2.60 bits per heavy atom. The fraction of sp³-hybridized carbons (Fsp3) is 0.250. The predicted molar refractivity (Wildman–Crippen MR) is 107 cm³/mol. The Morgan fingerprint density at radius 2 is 1.97 bits per heavy atom. The third kappa shape index (κ3) is 4.84. The number of fused-ring (bicyclic) bond motifs is 1. The number of carbonyl (C=O) groups excluding carboxylic acids is 1. The summed E-state index contributed by atoms with van der Waals surface area (Å²) < 4.78 is 41.1. The Bertz CT molecular complexity index is 1110. The quantitative estimate of drug-likeness (QED) is 0.283. The lowest BCUT2D eigenvalue weighted by atomic mass is 10.1. The van der Waals surface area contributed by atoms with Gasteiger partial charge in [0.2, 0.25) is 0 Å². The van der Waals surface area contributed by atoms with Crippen molar-refractivity contribution in [2.24, 2.45) is 0 Å². The summed E-state index contributed by atoms with van der Waals surface area (Å²) in [5, 5.41) is 11.4. The first kappa shape index (κ1) is 21.5. The minimum atomic E-state index is -4.01. The van der Waals surface area contributed by atoms with Gasteiger partial charge in [0.05, 0.1) is 15.4 Å². The maximum atomic E-state index is 12.4. The van der Waals surface area contributed by atoms with E-state index >= 15 is 0 Å². The van der Waals surface area contributed by atoms with Crippen LogP contribution in [0.3, 0.4) is 0 Å². The largest absolute Gasteiger partial charge is 0.486 e. The number of nitro benzene ring substituents is 1. The summed E-state index contributed by atoms with van der Waals surface area (Å²) in [6.07, 6.45) is 1.62. The highest BCUT2D eigenvalue weighted by atomic mass is 32.2. The smallest absolute Gasteiger partial charge is 0.297 e. The molecule has 0 spiro atoms. The molecule has 9 nitrogen and oxygen atoms in total. The van der Waals surface area contributed by atoms with E-state index < -0.39 is 21.1 Å². The van der Waals surface area contributed by atoms with Crippen LogP contribution in [0.2, 0.25) is 0 Å². The topological polar surface area (TPSA) is 122 Å². The highest BCUT2D eigenvalue weighted by molar-refractivity contribution is 7.86. The monoisotopic (exact) mass is 433 g/mol. The molecule has 2 aromatic rings. The van der Waals surface area contributed by atoms with Gasteiger partial charge in [0, 0.05) is 6.07 Å². The zero-order valence-corrected chi connectivity index (χ0v) is 17.0. The van der Waals surface area contributed by atoms with Gasteiger partial charge in [-0.3, -0.25) is 19.1 Å². The molecule has 0 fully saturated rings. The van der Waals surface area contributed by atoms with Crippen LogP contribution in [-0.2, 0) is 19.1 Å². The first-order valence-electron chi connectivity index (χ1n) is 8.93. The third-order valence-corrected chi connectivity index (χ3v) is 5.54. The van der Waals surface area contributed by atoms with Crippen molar-refractivity contribution >= 4 is 27.7 Å². The third-order valence-electron chi connectivity index (χ3n) is 4.25. The van der Waals surface area contributed by atoms with Crippen molar-refractivity contribution in [2.75, 3.05) is 13.2 Å². The van der Waals surface area contributed by atoms with Gasteiger partial charge in [-0.1, -0.05) is 17.7 Å². The molecule has 0 aromatic heterocycles. The number of carbonyl (C=O) groups is 1. The number of nitrogens with zero attached hydrogens (tertiary/aromatic N) is 1. The normalized spacial score (nSPS) is 15.9. The molecule has 1 heterocycles. The van der Waals surface area contributed by atoms with Crippen LogP contribution in [0, 0.1) is 17.0 Å². The number of allylic oxidation sites excluding steroid dienone is 1. The van der Waals surface area contributed by atoms with E-state index in [1.807, 2.05) is 6.92 Å². The van der Waals surface area contributed by atoms with Crippen LogP contribution in [0.5, 0.6) is 11.5 Å². The average molecular weight is 433 g/mol. The van der Waals surface area contributed by atoms with Crippen molar-refractivity contribution in [3.05, 3.63) is 63.7 Å². The van der Waals surface area contributed by atoms with Crippen LogP contribution >= 0.6 is 0 Å². The molecule has 3 rings (SSSR count). The van der Waals surface area contributed by atoms with Crippen molar-refractivity contribution in [1.29, 1.82) is 0 Å². The molecular weight excluding hydrogens is 414 g/mol. The summed E-state index contributed by atoms with van der Waals surface area (Å²) in [7, 11) is -4.01. The Morgan fingerprint density at radius 1 is 1.27 bits per heavy atom. The van der Waals surface area contributed by atoms with Crippen molar-refractivity contribution in [3.63, 3.8) is 0 Å². The van der Waals surface area contributed by atoms with E-state index in [9.17, 15) is 23.3 Å². The molecule has 0 N–H and O–H groups in total. The lowest BCUT2D eigenvalue weighted by Crippen LogP contribution is -2.34. The zero-order chi connectivity index (χ0) is 21.9. The van der Waals surface area contributed by atoms with Gasteiger partial charge < -0.3 is 9.47 Å². The fourth-order valence-electron chi connectivity index (χ4n) is 2.73. The Hall–Kier alpha value is -3.24. The summed E-state index contributed by atoms with van der Waals surface area (Å²) in [6, 6.07) is 8.82. The maximum Gasteiger partial charge on any atom is 0.297 e. The number of hydrogen-bond acceptors (Lipinski definition) is 8. The van der Waals surface area contributed by atoms with Gasteiger partial charge in [0.15, 0.2) is 23.4 Å². The van der Waals surface area contributed by atoms with Crippen LogP contribution in [-0.4, -0.2) is 38.4 Å². The second kappa shape index (κ2) is 8.64. The van der Waals surface area contributed by atoms with Crippen LogP contribution in [0.25, 0.3) is 6.08 Å². The molecule has 1 aliphatic rings. The summed E-state index contributed by atoms with van der Waals surface area (Å²) in [6.45, 7) is 2.78. The van der Waals surface area contributed by atoms with Crippen LogP contribution in [0.1, 0.15) is 18.1 Å². The maximum absolute atomic E-state index is 12.4. The summed E-state index contributed by atoms with van der Waals surface area (Å²) in [5.41, 5.74) is 0.685. The number of ether oxygens (including phenoxy) is 2. The Kier molecular flexibility index (Phi) is 6.18. The van der Waals surface area contributed by atoms with Gasteiger partial charge in [0.25, 0.3) is 15.8 Å². The number of rotatable bonds is 7. The number of aryl methyl sites for hydroxylation is 1. The van der Waals surface area contributed by atoms with Crippen LogP contribution < -0.4 is 9.47 Å². The van der Waals surface area contributed by atoms with Gasteiger partial charge in [0.1, 0.15) is 13.2 Å². The molecule has 0 radical (unpaired) electrons. The molecule has 158 valence electrons. The summed E-state index contributed by atoms with van der Waals surface area (Å²) >= 11 is 0. The first-order chi connectivity index (χ1) is 14.2. The molecule has 1 aliphatic heterocycles. The number of benzene rings is 2. The molecule has 0 saturated carbocycles. The molecule has 2 aromatic carbocycles. The highest BCUT2D eigenvalue weighted by Crippen LogP contribution is 2.41. The van der Waals surface area contributed by atoms with Crippen molar-refractivity contribution in [2.45, 2.75) is 24.8 Å². The van der Waals surface area contributed by atoms with Gasteiger partial charge >= 0.3 is 0 Å². The van der Waals surface area contributed by atoms with Crippen molar-refractivity contribution in [1.82, 2.24) is 0 Å². The van der Waals surface area contributed by atoms with E-state index in [2.05, 4.69) is 0 Å². The van der Waals surface area contributed by atoms with E-state index in [0.717, 1.165) is 5.56 Å². The van der Waals surface area contributed by atoms with Crippen LogP contribution in [0.4, 0.5) is 5.69 Å². The van der Waals surface area contributed by atoms with E-state index in [0.29, 0.717) is 0 Å². The number of ketones is 1. The molecule has 10 heteroatoms. The molecule has 30 heavy (non-hydrogen) atoms. The number of nitro groups is 1. The molecule has 1 atom stereocenters. The first-order valence-corrected chi connectivity index (χ1v) is 10.3. The number of hydrogen-bond donors (Lipinski definition) is 0. The molecule has 0 bridgehead atoms. The molecule has 0 unspecified atom stereocenters. The minimum absolute atomic E-state index is 0.00551. The summed E-state index contributed by atoms with van der Waals surface area (Å²) in [5.74, 6) is -0.00145. The second-order valence-electron chi connectivity index (χ2n) is 6.63. The van der Waals surface area contributed by atoms with Gasteiger partial charge in [-0.05, 0) is 44.2 Å². The fourth-order valence-corrected chi connectivity index (χ4v) is 3.67. The van der Waals surface area contributed by atoms with E-state index in [1.54, 1.807) is 12.1 Å². The van der Waals surface area contributed by atoms with Crippen molar-refractivity contribution < 1.29 is 31.8 Å². The molecular formula is C20H19NO8S. The standard InChI is InChI=1S/C20H19NO8S/c1-13-3-6-16(7-4-13)30(25,26)28-12-15-11-27-19-10-9-18(21(23)24)17(20(19)29-15)8-5-14(2)22/h3-10,15H,11-12H2,1-2H3/t15-/m1/s1. The van der Waals surface area contributed by atoms with Crippen LogP contribution in [0.15, 0.2) is 47.4 Å². The van der Waals surface area contributed by atoms with Gasteiger partial charge in [-0.15, -0.1) is 0 Å². The summed E-state index contributed by atoms with van der Waals surface area (Å²) in [4.78, 5) is 22.0. The lowest BCUT2D eigenvalue weighted by Gasteiger charge is -2.27. The highest BCUT2D eigenvalue weighted by Gasteiger charge is 2.29. The molecule has 0 saturated heterocycles. The second-order valence-corrected chi connectivity index (χ2v) is 8.24. The Labute approximate surface area is 173 Å². The van der Waals surface area contributed by atoms with Gasteiger partial charge in [-0.2, -0.15) is 8.42 Å².